The van der Waals surface area contributed by atoms with Crippen LogP contribution in [0.15, 0.2) is 24.3 Å². The van der Waals surface area contributed by atoms with Gasteiger partial charge in [-0.2, -0.15) is 0 Å². The van der Waals surface area contributed by atoms with E-state index < -0.39 is 5.97 Å². The number of hydrogen-bond donors (Lipinski definition) is 3. The average Bonchev–Trinajstić information content (AvgIpc) is 2.40. The van der Waals surface area contributed by atoms with E-state index in [9.17, 15) is 9.59 Å². The third kappa shape index (κ3) is 4.99. The molecule has 0 aliphatic carbocycles. The Labute approximate surface area is 113 Å². The van der Waals surface area contributed by atoms with E-state index in [1.54, 1.807) is 12.1 Å². The van der Waals surface area contributed by atoms with Crippen LogP contribution in [-0.4, -0.2) is 23.7 Å². The Bertz CT molecular complexity index is 442. The molecule has 0 aliphatic rings. The minimum atomic E-state index is -1.01. The highest BCUT2D eigenvalue weighted by molar-refractivity contribution is 5.93. The fraction of sp³-hybridized carbons (Fsp3) is 0.429. The highest BCUT2D eigenvalue weighted by Gasteiger charge is 2.08. The molecule has 0 aromatic heterocycles. The maximum atomic E-state index is 11.7. The van der Waals surface area contributed by atoms with Gasteiger partial charge in [0.15, 0.2) is 0 Å². The van der Waals surface area contributed by atoms with E-state index >= 15 is 0 Å². The van der Waals surface area contributed by atoms with Gasteiger partial charge in [-0.05, 0) is 24.1 Å². The number of rotatable bonds is 6. The Morgan fingerprint density at radius 3 is 2.53 bits per heavy atom. The molecule has 1 aromatic carbocycles. The molecular formula is C14H20N2O3. The molecule has 1 rings (SSSR count). The van der Waals surface area contributed by atoms with Crippen LogP contribution in [0.2, 0.25) is 0 Å². The van der Waals surface area contributed by atoms with E-state index in [0.29, 0.717) is 18.2 Å². The van der Waals surface area contributed by atoms with Gasteiger partial charge in [-0.25, -0.2) is 9.59 Å². The number of carboxylic acids is 1. The molecule has 0 saturated carbocycles. The summed E-state index contributed by atoms with van der Waals surface area (Å²) >= 11 is 0. The van der Waals surface area contributed by atoms with Crippen molar-refractivity contribution < 1.29 is 14.7 Å². The molecule has 19 heavy (non-hydrogen) atoms. The smallest absolute Gasteiger partial charge is 0.335 e. The number of carbonyl (C=O) groups is 2. The van der Waals surface area contributed by atoms with Gasteiger partial charge in [0.25, 0.3) is 0 Å². The SMILES string of the molecule is CCC(CC)CNC(=O)Nc1cccc(C(=O)O)c1. The molecule has 0 bridgehead atoms. The van der Waals surface area contributed by atoms with Crippen molar-refractivity contribution >= 4 is 17.7 Å². The summed E-state index contributed by atoms with van der Waals surface area (Å²) in [5.41, 5.74) is 0.625. The van der Waals surface area contributed by atoms with Gasteiger partial charge in [-0.15, -0.1) is 0 Å². The van der Waals surface area contributed by atoms with Crippen LogP contribution in [0.1, 0.15) is 37.0 Å². The molecule has 0 spiro atoms. The predicted molar refractivity (Wildman–Crippen MR) is 74.5 cm³/mol. The van der Waals surface area contributed by atoms with E-state index in [1.807, 2.05) is 0 Å². The van der Waals surface area contributed by atoms with Crippen molar-refractivity contribution in [2.75, 3.05) is 11.9 Å². The quantitative estimate of drug-likeness (QED) is 0.739. The molecule has 5 heteroatoms. The molecule has 0 unspecified atom stereocenters. The van der Waals surface area contributed by atoms with Crippen LogP contribution in [0.3, 0.4) is 0 Å². The van der Waals surface area contributed by atoms with Gasteiger partial charge in [0.2, 0.25) is 0 Å². The first-order chi connectivity index (χ1) is 9.06. The molecule has 0 atom stereocenters. The summed E-state index contributed by atoms with van der Waals surface area (Å²) in [6.07, 6.45) is 2.04. The third-order valence-electron chi connectivity index (χ3n) is 3.07. The lowest BCUT2D eigenvalue weighted by Crippen LogP contribution is -2.32. The molecule has 2 amide bonds. The van der Waals surface area contributed by atoms with Gasteiger partial charge < -0.3 is 15.7 Å². The van der Waals surface area contributed by atoms with Crippen LogP contribution < -0.4 is 10.6 Å². The fourth-order valence-corrected chi connectivity index (χ4v) is 1.72. The molecule has 5 nitrogen and oxygen atoms in total. The van der Waals surface area contributed by atoms with Crippen molar-refractivity contribution in [3.8, 4) is 0 Å². The van der Waals surface area contributed by atoms with Crippen LogP contribution in [0, 0.1) is 5.92 Å². The number of nitrogens with one attached hydrogen (secondary N) is 2. The highest BCUT2D eigenvalue weighted by Crippen LogP contribution is 2.10. The lowest BCUT2D eigenvalue weighted by molar-refractivity contribution is 0.0697. The first-order valence-corrected chi connectivity index (χ1v) is 6.45. The van der Waals surface area contributed by atoms with Gasteiger partial charge in [-0.1, -0.05) is 32.8 Å². The molecule has 1 aromatic rings. The Morgan fingerprint density at radius 1 is 1.26 bits per heavy atom. The minimum absolute atomic E-state index is 0.151. The Kier molecular flexibility index (Phi) is 5.85. The van der Waals surface area contributed by atoms with Gasteiger partial charge in [0, 0.05) is 12.2 Å². The number of carboxylic acid groups (broad SMARTS) is 1. The summed E-state index contributed by atoms with van der Waals surface area (Å²) in [6.45, 7) is 4.80. The summed E-state index contributed by atoms with van der Waals surface area (Å²) < 4.78 is 0. The first kappa shape index (κ1) is 15.0. The van der Waals surface area contributed by atoms with Crippen molar-refractivity contribution in [2.24, 2.45) is 5.92 Å². The second-order valence-corrected chi connectivity index (χ2v) is 4.40. The second-order valence-electron chi connectivity index (χ2n) is 4.40. The number of amides is 2. The standard InChI is InChI=1S/C14H20N2O3/c1-3-10(4-2)9-15-14(19)16-12-7-5-6-11(8-12)13(17)18/h5-8,10H,3-4,9H2,1-2H3,(H,17,18)(H2,15,16,19). The molecule has 0 heterocycles. The zero-order valence-corrected chi connectivity index (χ0v) is 11.3. The van der Waals surface area contributed by atoms with Crippen molar-refractivity contribution in [1.29, 1.82) is 0 Å². The number of carbonyl (C=O) groups excluding carboxylic acids is 1. The van der Waals surface area contributed by atoms with E-state index in [1.165, 1.54) is 12.1 Å². The van der Waals surface area contributed by atoms with Crippen molar-refractivity contribution in [3.63, 3.8) is 0 Å². The Morgan fingerprint density at radius 2 is 1.95 bits per heavy atom. The van der Waals surface area contributed by atoms with Gasteiger partial charge in [0.1, 0.15) is 0 Å². The van der Waals surface area contributed by atoms with Crippen LogP contribution in [-0.2, 0) is 0 Å². The lowest BCUT2D eigenvalue weighted by atomic mass is 10.0. The monoisotopic (exact) mass is 264 g/mol. The van der Waals surface area contributed by atoms with Crippen molar-refractivity contribution in [3.05, 3.63) is 29.8 Å². The maximum Gasteiger partial charge on any atom is 0.335 e. The second kappa shape index (κ2) is 7.41. The normalized spacial score (nSPS) is 10.3. The summed E-state index contributed by atoms with van der Waals surface area (Å²) in [6, 6.07) is 5.85. The molecule has 0 saturated heterocycles. The third-order valence-corrected chi connectivity index (χ3v) is 3.07. The fourth-order valence-electron chi connectivity index (χ4n) is 1.72. The lowest BCUT2D eigenvalue weighted by Gasteiger charge is -2.14. The first-order valence-electron chi connectivity index (χ1n) is 6.45. The summed E-state index contributed by atoms with van der Waals surface area (Å²) in [5, 5.41) is 14.3. The molecule has 3 N–H and O–H groups in total. The van der Waals surface area contributed by atoms with Crippen LogP contribution in [0.5, 0.6) is 0 Å². The molecule has 0 aliphatic heterocycles. The van der Waals surface area contributed by atoms with E-state index in [-0.39, 0.29) is 11.6 Å². The van der Waals surface area contributed by atoms with Gasteiger partial charge in [-0.3, -0.25) is 0 Å². The van der Waals surface area contributed by atoms with Crippen molar-refractivity contribution in [2.45, 2.75) is 26.7 Å². The van der Waals surface area contributed by atoms with Gasteiger partial charge >= 0.3 is 12.0 Å². The topological polar surface area (TPSA) is 78.4 Å². The zero-order chi connectivity index (χ0) is 14.3. The zero-order valence-electron chi connectivity index (χ0n) is 11.3. The molecule has 104 valence electrons. The van der Waals surface area contributed by atoms with E-state index in [2.05, 4.69) is 24.5 Å². The van der Waals surface area contributed by atoms with Crippen molar-refractivity contribution in [1.82, 2.24) is 5.32 Å². The molecule has 0 radical (unpaired) electrons. The number of urea groups is 1. The van der Waals surface area contributed by atoms with Gasteiger partial charge in [0.05, 0.1) is 5.56 Å². The van der Waals surface area contributed by atoms with E-state index in [4.69, 9.17) is 5.11 Å². The Balaban J connectivity index is 2.52. The van der Waals surface area contributed by atoms with Crippen LogP contribution >= 0.6 is 0 Å². The molecular weight excluding hydrogens is 244 g/mol. The summed E-state index contributed by atoms with van der Waals surface area (Å²) in [4.78, 5) is 22.5. The molecule has 0 fully saturated rings. The Hall–Kier alpha value is -2.04. The minimum Gasteiger partial charge on any atom is -0.478 e. The van der Waals surface area contributed by atoms with E-state index in [0.717, 1.165) is 12.8 Å². The summed E-state index contributed by atoms with van der Waals surface area (Å²) in [5.74, 6) is -0.544. The highest BCUT2D eigenvalue weighted by atomic mass is 16.4. The number of hydrogen-bond acceptors (Lipinski definition) is 2. The van der Waals surface area contributed by atoms with Crippen LogP contribution in [0.25, 0.3) is 0 Å². The largest absolute Gasteiger partial charge is 0.478 e. The van der Waals surface area contributed by atoms with Crippen LogP contribution in [0.4, 0.5) is 10.5 Å². The summed E-state index contributed by atoms with van der Waals surface area (Å²) in [7, 11) is 0. The number of aromatic carboxylic acids is 1. The number of benzene rings is 1. The predicted octanol–water partition coefficient (Wildman–Crippen LogP) is 2.94. The number of anilines is 1. The average molecular weight is 264 g/mol. The maximum absolute atomic E-state index is 11.7.